The van der Waals surface area contributed by atoms with Crippen molar-refractivity contribution in [3.05, 3.63) is 85.8 Å². The molecule has 0 aliphatic carbocycles. The molecule has 184 valence electrons. The molecule has 36 heavy (non-hydrogen) atoms. The van der Waals surface area contributed by atoms with Gasteiger partial charge in [0.1, 0.15) is 5.75 Å². The first-order valence-corrected chi connectivity index (χ1v) is 12.9. The smallest absolute Gasteiger partial charge is 0.338 e. The predicted octanol–water partition coefficient (Wildman–Crippen LogP) is 4.18. The Kier molecular flexibility index (Phi) is 7.03. The van der Waals surface area contributed by atoms with Crippen molar-refractivity contribution in [2.45, 2.75) is 24.4 Å². The van der Waals surface area contributed by atoms with Gasteiger partial charge in [-0.3, -0.25) is 15.0 Å². The van der Waals surface area contributed by atoms with Gasteiger partial charge in [-0.05, 0) is 42.6 Å². The van der Waals surface area contributed by atoms with Crippen LogP contribution in [0.4, 0.5) is 0 Å². The minimum atomic E-state index is -0.443. The van der Waals surface area contributed by atoms with E-state index in [2.05, 4.69) is 10.4 Å². The van der Waals surface area contributed by atoms with Gasteiger partial charge in [0.2, 0.25) is 0 Å². The number of thioether (sulfide) groups is 1. The van der Waals surface area contributed by atoms with E-state index in [1.807, 2.05) is 0 Å². The SMILES string of the molecule is CCOC(=O)c1cc2c(c(CSc3nc4ccccc4c(=O)n3NC(=O)c3cccs3)c1)OCOC2. The van der Waals surface area contributed by atoms with Gasteiger partial charge >= 0.3 is 5.97 Å². The molecule has 0 fully saturated rings. The molecular formula is C25H21N3O6S2. The van der Waals surface area contributed by atoms with Crippen LogP contribution in [-0.4, -0.2) is 34.9 Å². The van der Waals surface area contributed by atoms with Gasteiger partial charge in [0, 0.05) is 16.9 Å². The second-order valence-electron chi connectivity index (χ2n) is 7.71. The van der Waals surface area contributed by atoms with E-state index >= 15 is 0 Å². The maximum atomic E-state index is 13.3. The van der Waals surface area contributed by atoms with E-state index in [4.69, 9.17) is 14.2 Å². The van der Waals surface area contributed by atoms with Gasteiger partial charge in [0.05, 0.1) is 34.6 Å². The number of para-hydroxylation sites is 1. The molecule has 9 nitrogen and oxygen atoms in total. The molecule has 3 heterocycles. The molecule has 2 aromatic heterocycles. The second kappa shape index (κ2) is 10.5. The van der Waals surface area contributed by atoms with Crippen LogP contribution < -0.4 is 15.7 Å². The van der Waals surface area contributed by atoms with Crippen LogP contribution >= 0.6 is 23.1 Å². The molecule has 0 atom stereocenters. The molecule has 1 aliphatic heterocycles. The lowest BCUT2D eigenvalue weighted by atomic mass is 10.0. The number of aromatic nitrogens is 2. The fraction of sp³-hybridized carbons (Fsp3) is 0.200. The predicted molar refractivity (Wildman–Crippen MR) is 136 cm³/mol. The monoisotopic (exact) mass is 523 g/mol. The normalized spacial score (nSPS) is 12.6. The van der Waals surface area contributed by atoms with E-state index in [9.17, 15) is 14.4 Å². The van der Waals surface area contributed by atoms with E-state index in [-0.39, 0.29) is 19.0 Å². The second-order valence-corrected chi connectivity index (χ2v) is 9.60. The zero-order valence-corrected chi connectivity index (χ0v) is 20.8. The van der Waals surface area contributed by atoms with Crippen LogP contribution in [0.15, 0.2) is 63.9 Å². The van der Waals surface area contributed by atoms with Crippen LogP contribution in [0.1, 0.15) is 38.1 Å². The van der Waals surface area contributed by atoms with Gasteiger partial charge in [0.15, 0.2) is 11.9 Å². The van der Waals surface area contributed by atoms with Gasteiger partial charge in [-0.1, -0.05) is 30.0 Å². The summed E-state index contributed by atoms with van der Waals surface area (Å²) in [5.74, 6) is 0.0864. The summed E-state index contributed by atoms with van der Waals surface area (Å²) >= 11 is 2.52. The average Bonchev–Trinajstić information content (AvgIpc) is 3.44. The van der Waals surface area contributed by atoms with Gasteiger partial charge in [0.25, 0.3) is 11.5 Å². The van der Waals surface area contributed by atoms with Crippen molar-refractivity contribution in [1.29, 1.82) is 0 Å². The molecule has 0 bridgehead atoms. The van der Waals surface area contributed by atoms with E-state index < -0.39 is 11.9 Å². The largest absolute Gasteiger partial charge is 0.467 e. The van der Waals surface area contributed by atoms with E-state index in [1.165, 1.54) is 27.8 Å². The number of benzene rings is 2. The first kappa shape index (κ1) is 24.0. The lowest BCUT2D eigenvalue weighted by Crippen LogP contribution is -2.34. The first-order valence-electron chi connectivity index (χ1n) is 11.1. The van der Waals surface area contributed by atoms with Crippen molar-refractivity contribution in [2.75, 3.05) is 18.8 Å². The summed E-state index contributed by atoms with van der Waals surface area (Å²) in [6.07, 6.45) is 0. The van der Waals surface area contributed by atoms with Crippen LogP contribution in [0, 0.1) is 0 Å². The number of thiophene rings is 1. The van der Waals surface area contributed by atoms with Crippen molar-refractivity contribution in [2.24, 2.45) is 0 Å². The molecule has 5 rings (SSSR count). The van der Waals surface area contributed by atoms with Crippen LogP contribution in [0.25, 0.3) is 10.9 Å². The third-order valence-electron chi connectivity index (χ3n) is 5.36. The van der Waals surface area contributed by atoms with Crippen molar-refractivity contribution in [3.63, 3.8) is 0 Å². The number of fused-ring (bicyclic) bond motifs is 2. The Labute approximate surface area is 214 Å². The molecule has 4 aromatic rings. The number of nitrogens with one attached hydrogen (secondary N) is 1. The lowest BCUT2D eigenvalue weighted by Gasteiger charge is -2.22. The summed E-state index contributed by atoms with van der Waals surface area (Å²) in [7, 11) is 0. The fourth-order valence-electron chi connectivity index (χ4n) is 3.75. The van der Waals surface area contributed by atoms with Crippen LogP contribution in [0.5, 0.6) is 5.75 Å². The van der Waals surface area contributed by atoms with Gasteiger partial charge in [-0.15, -0.1) is 11.3 Å². The maximum Gasteiger partial charge on any atom is 0.338 e. The summed E-state index contributed by atoms with van der Waals surface area (Å²) in [6.45, 7) is 2.40. The highest BCUT2D eigenvalue weighted by molar-refractivity contribution is 7.98. The summed E-state index contributed by atoms with van der Waals surface area (Å²) in [5.41, 5.74) is 4.65. The summed E-state index contributed by atoms with van der Waals surface area (Å²) in [4.78, 5) is 43.6. The molecular weight excluding hydrogens is 502 g/mol. The third-order valence-corrected chi connectivity index (χ3v) is 7.21. The Balaban J connectivity index is 1.52. The molecule has 0 saturated carbocycles. The molecule has 1 amide bonds. The number of carbonyl (C=O) groups is 2. The number of nitrogens with zero attached hydrogens (tertiary/aromatic N) is 2. The number of hydrogen-bond acceptors (Lipinski definition) is 9. The maximum absolute atomic E-state index is 13.3. The highest BCUT2D eigenvalue weighted by Crippen LogP contribution is 2.34. The van der Waals surface area contributed by atoms with Crippen molar-refractivity contribution in [3.8, 4) is 5.75 Å². The number of ether oxygens (including phenoxy) is 3. The minimum absolute atomic E-state index is 0.0965. The quantitative estimate of drug-likeness (QED) is 0.218. The van der Waals surface area contributed by atoms with Gasteiger partial charge in [-0.25, -0.2) is 9.78 Å². The van der Waals surface area contributed by atoms with Crippen LogP contribution in [0.3, 0.4) is 0 Å². The summed E-state index contributed by atoms with van der Waals surface area (Å²) < 4.78 is 17.5. The van der Waals surface area contributed by atoms with Crippen LogP contribution in [0.2, 0.25) is 0 Å². The first-order chi connectivity index (χ1) is 17.5. The minimum Gasteiger partial charge on any atom is -0.467 e. The zero-order valence-electron chi connectivity index (χ0n) is 19.2. The summed E-state index contributed by atoms with van der Waals surface area (Å²) in [6, 6.07) is 13.8. The third kappa shape index (κ3) is 4.85. The molecule has 0 spiro atoms. The Morgan fingerprint density at radius 2 is 2.08 bits per heavy atom. The number of esters is 1. The number of rotatable bonds is 7. The van der Waals surface area contributed by atoms with Crippen molar-refractivity contribution in [1.82, 2.24) is 9.66 Å². The average molecular weight is 524 g/mol. The standard InChI is InChI=1S/C25H21N3O6S2/c1-2-33-24(31)15-10-16-12-32-14-34-21(16)17(11-15)13-36-25-26-19-7-4-3-6-18(19)23(30)28(25)27-22(29)20-8-5-9-35-20/h3-11H,2,12-14H2,1H3,(H,27,29). The molecule has 1 aliphatic rings. The van der Waals surface area contributed by atoms with Gasteiger partial charge < -0.3 is 14.2 Å². The lowest BCUT2D eigenvalue weighted by molar-refractivity contribution is -0.0169. The number of carbonyl (C=O) groups excluding carboxylic acids is 2. The van der Waals surface area contributed by atoms with E-state index in [0.29, 0.717) is 44.6 Å². The Morgan fingerprint density at radius 3 is 2.89 bits per heavy atom. The highest BCUT2D eigenvalue weighted by Gasteiger charge is 2.22. The molecule has 0 radical (unpaired) electrons. The topological polar surface area (TPSA) is 109 Å². The Hall–Kier alpha value is -3.67. The number of amides is 1. The molecule has 0 saturated heterocycles. The van der Waals surface area contributed by atoms with Crippen LogP contribution in [-0.2, 0) is 21.8 Å². The zero-order chi connectivity index (χ0) is 25.1. The van der Waals surface area contributed by atoms with Gasteiger partial charge in [-0.2, -0.15) is 4.68 Å². The molecule has 1 N–H and O–H groups in total. The highest BCUT2D eigenvalue weighted by atomic mass is 32.2. The molecule has 2 aromatic carbocycles. The molecule has 0 unspecified atom stereocenters. The fourth-order valence-corrected chi connectivity index (χ4v) is 5.29. The van der Waals surface area contributed by atoms with E-state index in [1.54, 1.807) is 60.8 Å². The Morgan fingerprint density at radius 1 is 1.22 bits per heavy atom. The Bertz CT molecular complexity index is 1500. The molecule has 11 heteroatoms. The number of hydrogen-bond donors (Lipinski definition) is 1. The van der Waals surface area contributed by atoms with E-state index in [0.717, 1.165) is 11.1 Å². The van der Waals surface area contributed by atoms with Crippen molar-refractivity contribution < 1.29 is 23.8 Å². The van der Waals surface area contributed by atoms with Crippen molar-refractivity contribution >= 4 is 45.9 Å². The summed E-state index contributed by atoms with van der Waals surface area (Å²) in [5, 5.41) is 2.47.